The summed E-state index contributed by atoms with van der Waals surface area (Å²) in [6.07, 6.45) is 5.66. The van der Waals surface area contributed by atoms with Crippen LogP contribution in [0.4, 0.5) is 14.9 Å². The van der Waals surface area contributed by atoms with Crippen LogP contribution < -0.4 is 14.4 Å². The number of anilines is 1. The number of hydrogen-bond acceptors (Lipinski definition) is 7. The molecule has 0 spiro atoms. The number of ether oxygens (including phenoxy) is 3. The molecule has 0 bridgehead atoms. The van der Waals surface area contributed by atoms with Crippen molar-refractivity contribution >= 4 is 22.7 Å². The lowest BCUT2D eigenvalue weighted by Gasteiger charge is -2.34. The molecule has 9 heteroatoms. The van der Waals surface area contributed by atoms with Gasteiger partial charge in [-0.15, -0.1) is 0 Å². The molecule has 2 fully saturated rings. The van der Waals surface area contributed by atoms with Gasteiger partial charge in [-0.1, -0.05) is 5.16 Å². The summed E-state index contributed by atoms with van der Waals surface area (Å²) in [4.78, 5) is 17.3. The van der Waals surface area contributed by atoms with Gasteiger partial charge < -0.3 is 23.6 Å². The van der Waals surface area contributed by atoms with E-state index in [0.717, 1.165) is 86.2 Å². The standard InChI is InChI=1S/C28H30FN3O5/c29-20-3-4-21-23(13-20)37-30-26(21)18-5-10-31(11-6-18)15-28(7-8-28)16-34-27(33)32-9-1-2-19-12-24-25(14-22(19)32)36-17-35-24/h3-4,12-14,18H,1-2,5-11,15-17H2. The van der Waals surface area contributed by atoms with Crippen LogP contribution in [-0.2, 0) is 11.2 Å². The highest BCUT2D eigenvalue weighted by atomic mass is 19.1. The van der Waals surface area contributed by atoms with Crippen LogP contribution in [-0.4, -0.2) is 55.7 Å². The van der Waals surface area contributed by atoms with E-state index in [1.165, 1.54) is 12.1 Å². The summed E-state index contributed by atoms with van der Waals surface area (Å²) in [5.41, 5.74) is 3.47. The molecule has 194 valence electrons. The van der Waals surface area contributed by atoms with Crippen LogP contribution in [0.2, 0.25) is 0 Å². The molecule has 3 aliphatic heterocycles. The first-order chi connectivity index (χ1) is 18.1. The minimum absolute atomic E-state index is 0.0497. The second-order valence-corrected chi connectivity index (χ2v) is 10.9. The summed E-state index contributed by atoms with van der Waals surface area (Å²) >= 11 is 0. The summed E-state index contributed by atoms with van der Waals surface area (Å²) in [6, 6.07) is 8.53. The Morgan fingerprint density at radius 1 is 1.11 bits per heavy atom. The number of likely N-dealkylation sites (tertiary alicyclic amines) is 1. The van der Waals surface area contributed by atoms with Gasteiger partial charge in [0, 0.05) is 41.9 Å². The summed E-state index contributed by atoms with van der Waals surface area (Å²) in [5, 5.41) is 5.17. The fraction of sp³-hybridized carbons (Fsp3) is 0.500. The van der Waals surface area contributed by atoms with E-state index in [9.17, 15) is 9.18 Å². The highest BCUT2D eigenvalue weighted by Crippen LogP contribution is 2.48. The Morgan fingerprint density at radius 2 is 1.92 bits per heavy atom. The Kier molecular flexibility index (Phi) is 5.49. The van der Waals surface area contributed by atoms with Crippen LogP contribution in [0.15, 0.2) is 34.9 Å². The van der Waals surface area contributed by atoms with Crippen molar-refractivity contribution in [1.82, 2.24) is 10.1 Å². The summed E-state index contributed by atoms with van der Waals surface area (Å²) in [6.45, 7) is 4.17. The van der Waals surface area contributed by atoms with Crippen molar-refractivity contribution in [2.24, 2.45) is 5.41 Å². The summed E-state index contributed by atoms with van der Waals surface area (Å²) < 4.78 is 35.8. The number of rotatable bonds is 5. The fourth-order valence-electron chi connectivity index (χ4n) is 6.04. The molecule has 1 saturated carbocycles. The maximum absolute atomic E-state index is 13.5. The van der Waals surface area contributed by atoms with Crippen molar-refractivity contribution in [1.29, 1.82) is 0 Å². The second-order valence-electron chi connectivity index (χ2n) is 10.9. The first-order valence-corrected chi connectivity index (χ1v) is 13.2. The zero-order chi connectivity index (χ0) is 25.0. The predicted molar refractivity (Wildman–Crippen MR) is 134 cm³/mol. The molecule has 2 aromatic carbocycles. The topological polar surface area (TPSA) is 77.3 Å². The van der Waals surface area contributed by atoms with Crippen molar-refractivity contribution in [3.8, 4) is 11.5 Å². The molecule has 1 aliphatic carbocycles. The highest BCUT2D eigenvalue weighted by Gasteiger charge is 2.46. The largest absolute Gasteiger partial charge is 0.454 e. The zero-order valence-corrected chi connectivity index (χ0v) is 20.7. The average Bonchev–Trinajstić information content (AvgIpc) is 3.30. The number of benzene rings is 2. The molecule has 0 unspecified atom stereocenters. The van der Waals surface area contributed by atoms with Gasteiger partial charge in [-0.25, -0.2) is 9.18 Å². The number of piperidine rings is 1. The van der Waals surface area contributed by atoms with Gasteiger partial charge >= 0.3 is 6.09 Å². The number of aryl methyl sites for hydroxylation is 1. The third-order valence-corrected chi connectivity index (χ3v) is 8.37. The molecule has 1 aromatic heterocycles. The van der Waals surface area contributed by atoms with E-state index in [0.29, 0.717) is 30.4 Å². The molecule has 0 N–H and O–H groups in total. The van der Waals surface area contributed by atoms with Crippen molar-refractivity contribution in [3.63, 3.8) is 0 Å². The quantitative estimate of drug-likeness (QED) is 0.467. The molecular weight excluding hydrogens is 477 g/mol. The van der Waals surface area contributed by atoms with Crippen LogP contribution >= 0.6 is 0 Å². The molecule has 37 heavy (non-hydrogen) atoms. The number of halogens is 1. The molecule has 3 aromatic rings. The van der Waals surface area contributed by atoms with Gasteiger partial charge in [0.05, 0.1) is 11.4 Å². The van der Waals surface area contributed by atoms with Crippen molar-refractivity contribution in [2.45, 2.75) is 44.4 Å². The number of fused-ring (bicyclic) bond motifs is 3. The Hall–Kier alpha value is -3.33. The first-order valence-electron chi connectivity index (χ1n) is 13.2. The number of carbonyl (C=O) groups excluding carboxylic acids is 1. The Bertz CT molecular complexity index is 1350. The van der Waals surface area contributed by atoms with E-state index in [1.54, 1.807) is 11.0 Å². The van der Waals surface area contributed by atoms with E-state index < -0.39 is 0 Å². The highest BCUT2D eigenvalue weighted by molar-refractivity contribution is 5.90. The predicted octanol–water partition coefficient (Wildman–Crippen LogP) is 5.24. The van der Waals surface area contributed by atoms with Crippen molar-refractivity contribution < 1.29 is 27.9 Å². The number of nitrogens with zero attached hydrogens (tertiary/aromatic N) is 3. The lowest BCUT2D eigenvalue weighted by Crippen LogP contribution is -2.40. The van der Waals surface area contributed by atoms with E-state index >= 15 is 0 Å². The monoisotopic (exact) mass is 507 g/mol. The number of hydrogen-bond donors (Lipinski definition) is 0. The van der Waals surface area contributed by atoms with Gasteiger partial charge in [-0.2, -0.15) is 0 Å². The lowest BCUT2D eigenvalue weighted by molar-refractivity contribution is 0.0980. The van der Waals surface area contributed by atoms with Crippen LogP contribution in [0.25, 0.3) is 11.0 Å². The molecule has 0 radical (unpaired) electrons. The first kappa shape index (κ1) is 22.8. The average molecular weight is 508 g/mol. The molecular formula is C28H30FN3O5. The van der Waals surface area contributed by atoms with Crippen LogP contribution in [0.3, 0.4) is 0 Å². The molecule has 8 nitrogen and oxygen atoms in total. The number of aromatic nitrogens is 1. The van der Waals surface area contributed by atoms with Gasteiger partial charge in [-0.05, 0) is 75.4 Å². The van der Waals surface area contributed by atoms with Gasteiger partial charge in [0.25, 0.3) is 0 Å². The third-order valence-electron chi connectivity index (χ3n) is 8.37. The molecule has 7 rings (SSSR count). The van der Waals surface area contributed by atoms with Gasteiger partial charge in [0.15, 0.2) is 17.1 Å². The fourth-order valence-corrected chi connectivity index (χ4v) is 6.04. The van der Waals surface area contributed by atoms with Crippen molar-refractivity contribution in [3.05, 3.63) is 47.4 Å². The number of carbonyl (C=O) groups is 1. The van der Waals surface area contributed by atoms with E-state index in [2.05, 4.69) is 10.1 Å². The molecule has 1 saturated heterocycles. The van der Waals surface area contributed by atoms with Crippen LogP contribution in [0.5, 0.6) is 11.5 Å². The Balaban J connectivity index is 0.948. The minimum atomic E-state index is -0.308. The van der Waals surface area contributed by atoms with E-state index in [1.807, 2.05) is 12.1 Å². The maximum Gasteiger partial charge on any atom is 0.414 e. The van der Waals surface area contributed by atoms with Crippen LogP contribution in [0, 0.1) is 11.2 Å². The zero-order valence-electron chi connectivity index (χ0n) is 20.7. The van der Waals surface area contributed by atoms with Crippen LogP contribution in [0.1, 0.15) is 49.3 Å². The van der Waals surface area contributed by atoms with Gasteiger partial charge in [0.2, 0.25) is 6.79 Å². The van der Waals surface area contributed by atoms with E-state index in [4.69, 9.17) is 18.7 Å². The minimum Gasteiger partial charge on any atom is -0.454 e. The molecule has 0 atom stereocenters. The summed E-state index contributed by atoms with van der Waals surface area (Å²) in [7, 11) is 0. The van der Waals surface area contributed by atoms with Gasteiger partial charge in [0.1, 0.15) is 12.4 Å². The summed E-state index contributed by atoms with van der Waals surface area (Å²) in [5.74, 6) is 1.44. The molecule has 4 aliphatic rings. The second kappa shape index (κ2) is 8.90. The molecule has 4 heterocycles. The normalized spacial score (nSPS) is 20.7. The smallest absolute Gasteiger partial charge is 0.414 e. The third kappa shape index (κ3) is 4.29. The Labute approximate surface area is 214 Å². The maximum atomic E-state index is 13.5. The SMILES string of the molecule is O=C(OCC1(CN2CCC(c3noc4cc(F)ccc34)CC2)CC1)N1CCCc2cc3c(cc21)OCO3. The van der Waals surface area contributed by atoms with Gasteiger partial charge in [-0.3, -0.25) is 4.90 Å². The number of amides is 1. The lowest BCUT2D eigenvalue weighted by atomic mass is 9.91. The Morgan fingerprint density at radius 3 is 2.73 bits per heavy atom. The molecule has 1 amide bonds. The van der Waals surface area contributed by atoms with E-state index in [-0.39, 0.29) is 24.1 Å². The van der Waals surface area contributed by atoms with Crippen molar-refractivity contribution in [2.75, 3.05) is 44.5 Å².